The van der Waals surface area contributed by atoms with Crippen molar-refractivity contribution in [2.45, 2.75) is 69.6 Å². The Labute approximate surface area is 229 Å². The summed E-state index contributed by atoms with van der Waals surface area (Å²) in [5.74, 6) is 0.850. The zero-order chi connectivity index (χ0) is 26.8. The van der Waals surface area contributed by atoms with E-state index < -0.39 is 10.0 Å². The minimum absolute atomic E-state index is 0.0318. The Kier molecular flexibility index (Phi) is 7.52. The number of nitrogens with zero attached hydrogens (tertiary/aromatic N) is 2. The van der Waals surface area contributed by atoms with Gasteiger partial charge in [0.2, 0.25) is 10.0 Å². The fourth-order valence-electron chi connectivity index (χ4n) is 5.86. The number of nitrogens with one attached hydrogen (secondary N) is 1. The molecule has 1 atom stereocenters. The van der Waals surface area contributed by atoms with Crippen LogP contribution < -0.4 is 9.46 Å². The first-order chi connectivity index (χ1) is 19.0. The predicted molar refractivity (Wildman–Crippen MR) is 150 cm³/mol. The predicted octanol–water partition coefficient (Wildman–Crippen LogP) is 5.77. The normalized spacial score (nSPS) is 20.5. The van der Waals surface area contributed by atoms with Crippen molar-refractivity contribution in [3.05, 3.63) is 48.0 Å². The Hall–Kier alpha value is -3.06. The third-order valence-electron chi connectivity index (χ3n) is 8.16. The molecule has 9 heteroatoms. The van der Waals surface area contributed by atoms with Crippen LogP contribution in [0.25, 0.3) is 22.2 Å². The maximum Gasteiger partial charge on any atom is 0.232 e. The first kappa shape index (κ1) is 26.2. The molecule has 0 amide bonds. The smallest absolute Gasteiger partial charge is 0.232 e. The number of sulfonamides is 1. The van der Waals surface area contributed by atoms with E-state index in [0.717, 1.165) is 86.1 Å². The fourth-order valence-corrected chi connectivity index (χ4v) is 7.03. The Morgan fingerprint density at radius 2 is 1.79 bits per heavy atom. The third-order valence-corrected chi connectivity index (χ3v) is 9.48. The molecular weight excluding hydrogens is 514 g/mol. The van der Waals surface area contributed by atoms with Gasteiger partial charge in [-0.25, -0.2) is 8.42 Å². The number of nitriles is 1. The average molecular weight is 550 g/mol. The highest BCUT2D eigenvalue weighted by atomic mass is 32.2. The summed E-state index contributed by atoms with van der Waals surface area (Å²) in [6, 6.07) is 16.2. The molecule has 39 heavy (non-hydrogen) atoms. The maximum absolute atomic E-state index is 12.7. The van der Waals surface area contributed by atoms with Gasteiger partial charge in [0.05, 0.1) is 41.8 Å². The lowest BCUT2D eigenvalue weighted by atomic mass is 9.92. The second-order valence-electron chi connectivity index (χ2n) is 10.8. The highest BCUT2D eigenvalue weighted by Crippen LogP contribution is 2.43. The summed E-state index contributed by atoms with van der Waals surface area (Å²) in [7, 11) is -3.48. The number of fused-ring (bicyclic) bond motifs is 1. The monoisotopic (exact) mass is 549 g/mol. The minimum atomic E-state index is -3.48. The van der Waals surface area contributed by atoms with Gasteiger partial charge in [0.25, 0.3) is 0 Å². The zero-order valence-electron chi connectivity index (χ0n) is 22.1. The summed E-state index contributed by atoms with van der Waals surface area (Å²) in [5.41, 5.74) is 3.94. The number of hydrogen-bond donors (Lipinski definition) is 1. The van der Waals surface area contributed by atoms with Gasteiger partial charge < -0.3 is 18.8 Å². The molecule has 1 unspecified atom stereocenters. The van der Waals surface area contributed by atoms with E-state index in [9.17, 15) is 13.7 Å². The quantitative estimate of drug-likeness (QED) is 0.363. The number of rotatable bonds is 9. The molecule has 3 aromatic rings. The lowest BCUT2D eigenvalue weighted by molar-refractivity contribution is 0.0256. The molecule has 2 saturated heterocycles. The molecule has 1 aromatic heterocycles. The van der Waals surface area contributed by atoms with E-state index in [-0.39, 0.29) is 18.0 Å². The van der Waals surface area contributed by atoms with Gasteiger partial charge in [0.1, 0.15) is 17.9 Å². The SMILES string of the molecule is N#Cc1c(-c2ccc(NS(=O)(=O)CCC3CCCO3)cc2)n(C2CCC2)c2cc(OC3CCOCC3)ccc12. The summed E-state index contributed by atoms with van der Waals surface area (Å²) in [4.78, 5) is 0. The van der Waals surface area contributed by atoms with Crippen molar-refractivity contribution in [1.82, 2.24) is 4.57 Å². The number of ether oxygens (including phenoxy) is 3. The molecular formula is C30H35N3O5S. The number of benzene rings is 2. The van der Waals surface area contributed by atoms with Gasteiger partial charge >= 0.3 is 0 Å². The van der Waals surface area contributed by atoms with Gasteiger partial charge in [-0.2, -0.15) is 5.26 Å². The van der Waals surface area contributed by atoms with E-state index in [1.54, 1.807) is 12.1 Å². The summed E-state index contributed by atoms with van der Waals surface area (Å²) in [5, 5.41) is 11.2. The van der Waals surface area contributed by atoms with Crippen LogP contribution in [-0.2, 0) is 19.5 Å². The zero-order valence-corrected chi connectivity index (χ0v) is 22.9. The van der Waals surface area contributed by atoms with Crippen molar-refractivity contribution >= 4 is 26.6 Å². The van der Waals surface area contributed by atoms with Crippen LogP contribution in [0.2, 0.25) is 0 Å². The molecule has 6 rings (SSSR count). The number of anilines is 1. The first-order valence-corrected chi connectivity index (χ1v) is 15.7. The Morgan fingerprint density at radius 1 is 1.00 bits per heavy atom. The molecule has 1 saturated carbocycles. The van der Waals surface area contributed by atoms with Gasteiger partial charge in [0, 0.05) is 42.6 Å². The molecule has 3 heterocycles. The molecule has 0 radical (unpaired) electrons. The van der Waals surface area contributed by atoms with Crippen LogP contribution in [0.1, 0.15) is 63.0 Å². The van der Waals surface area contributed by atoms with Crippen LogP contribution in [0.3, 0.4) is 0 Å². The van der Waals surface area contributed by atoms with E-state index >= 15 is 0 Å². The van der Waals surface area contributed by atoms with Crippen LogP contribution in [0.5, 0.6) is 5.75 Å². The third kappa shape index (κ3) is 5.65. The van der Waals surface area contributed by atoms with Crippen LogP contribution in [-0.4, -0.2) is 50.8 Å². The van der Waals surface area contributed by atoms with Gasteiger partial charge in [0.15, 0.2) is 0 Å². The van der Waals surface area contributed by atoms with Crippen molar-refractivity contribution in [2.24, 2.45) is 0 Å². The van der Waals surface area contributed by atoms with E-state index in [1.807, 2.05) is 24.3 Å². The summed E-state index contributed by atoms with van der Waals surface area (Å²) in [6.07, 6.45) is 7.63. The van der Waals surface area contributed by atoms with Gasteiger partial charge in [-0.15, -0.1) is 0 Å². The summed E-state index contributed by atoms with van der Waals surface area (Å²) in [6.45, 7) is 2.15. The van der Waals surface area contributed by atoms with E-state index in [0.29, 0.717) is 30.3 Å². The Bertz CT molecular complexity index is 1460. The molecule has 1 aliphatic carbocycles. The second-order valence-corrected chi connectivity index (χ2v) is 12.7. The van der Waals surface area contributed by atoms with Gasteiger partial charge in [-0.05, 0) is 68.4 Å². The fraction of sp³-hybridized carbons (Fsp3) is 0.500. The van der Waals surface area contributed by atoms with E-state index in [1.165, 1.54) is 0 Å². The average Bonchev–Trinajstić information content (AvgIpc) is 3.54. The lowest BCUT2D eigenvalue weighted by Gasteiger charge is -2.30. The summed E-state index contributed by atoms with van der Waals surface area (Å²) < 4.78 is 47.7. The van der Waals surface area contributed by atoms with Crippen molar-refractivity contribution in [2.75, 3.05) is 30.3 Å². The van der Waals surface area contributed by atoms with E-state index in [2.05, 4.69) is 21.4 Å². The van der Waals surface area contributed by atoms with Crippen molar-refractivity contribution in [1.29, 1.82) is 5.26 Å². The molecule has 2 aromatic carbocycles. The number of hydrogen-bond acceptors (Lipinski definition) is 6. The van der Waals surface area contributed by atoms with Gasteiger partial charge in [-0.3, -0.25) is 4.72 Å². The van der Waals surface area contributed by atoms with Crippen LogP contribution in [0.4, 0.5) is 5.69 Å². The minimum Gasteiger partial charge on any atom is -0.490 e. The maximum atomic E-state index is 12.7. The molecule has 8 nitrogen and oxygen atoms in total. The Morgan fingerprint density at radius 3 is 2.46 bits per heavy atom. The topological polar surface area (TPSA) is 103 Å². The van der Waals surface area contributed by atoms with Crippen molar-refractivity contribution in [3.8, 4) is 23.1 Å². The first-order valence-electron chi connectivity index (χ1n) is 14.1. The molecule has 1 N–H and O–H groups in total. The summed E-state index contributed by atoms with van der Waals surface area (Å²) >= 11 is 0. The molecule has 3 aliphatic rings. The lowest BCUT2D eigenvalue weighted by Crippen LogP contribution is -2.25. The van der Waals surface area contributed by atoms with Crippen molar-refractivity contribution in [3.63, 3.8) is 0 Å². The number of aromatic nitrogens is 1. The van der Waals surface area contributed by atoms with Gasteiger partial charge in [-0.1, -0.05) is 12.1 Å². The second kappa shape index (κ2) is 11.2. The van der Waals surface area contributed by atoms with Crippen LogP contribution >= 0.6 is 0 Å². The largest absolute Gasteiger partial charge is 0.490 e. The molecule has 3 fully saturated rings. The highest BCUT2D eigenvalue weighted by molar-refractivity contribution is 7.92. The Balaban J connectivity index is 1.28. The van der Waals surface area contributed by atoms with Crippen molar-refractivity contribution < 1.29 is 22.6 Å². The molecule has 2 aliphatic heterocycles. The molecule has 0 spiro atoms. The van der Waals surface area contributed by atoms with E-state index in [4.69, 9.17) is 14.2 Å². The van der Waals surface area contributed by atoms with Crippen LogP contribution in [0, 0.1) is 11.3 Å². The van der Waals surface area contributed by atoms with Crippen LogP contribution in [0.15, 0.2) is 42.5 Å². The highest BCUT2D eigenvalue weighted by Gasteiger charge is 2.28. The standard InChI is InChI=1S/C30H35N3O5S/c31-20-28-27-11-10-26(38-25-12-16-36-17-13-25)19-29(27)33(23-3-1-4-23)30(28)21-6-8-22(9-7-21)32-39(34,35)18-14-24-5-2-15-37-24/h6-11,19,23-25,32H,1-5,12-18H2. The molecule has 0 bridgehead atoms. The molecule has 206 valence electrons.